The van der Waals surface area contributed by atoms with E-state index in [2.05, 4.69) is 15.5 Å². The normalized spacial score (nSPS) is 41.4. The van der Waals surface area contributed by atoms with E-state index in [0.717, 1.165) is 48.6 Å². The maximum Gasteiger partial charge on any atom is 0.227 e. The van der Waals surface area contributed by atoms with E-state index in [1.54, 1.807) is 0 Å². The second-order valence-corrected chi connectivity index (χ2v) is 6.50. The van der Waals surface area contributed by atoms with Gasteiger partial charge in [0, 0.05) is 19.0 Å². The van der Waals surface area contributed by atoms with E-state index in [-0.39, 0.29) is 0 Å². The lowest BCUT2D eigenvalue weighted by Crippen LogP contribution is -2.54. The van der Waals surface area contributed by atoms with Crippen LogP contribution in [0, 0.1) is 23.7 Å². The van der Waals surface area contributed by atoms with Gasteiger partial charge in [0.2, 0.25) is 5.89 Å². The molecule has 0 aliphatic heterocycles. The summed E-state index contributed by atoms with van der Waals surface area (Å²) in [6.07, 6.45) is 9.79. The van der Waals surface area contributed by atoms with Gasteiger partial charge in [-0.25, -0.2) is 0 Å². The zero-order chi connectivity index (χ0) is 11.9. The molecule has 98 valence electrons. The van der Waals surface area contributed by atoms with Crippen molar-refractivity contribution in [2.45, 2.75) is 44.6 Å². The third-order valence-corrected chi connectivity index (χ3v) is 5.35. The van der Waals surface area contributed by atoms with Crippen LogP contribution in [0.5, 0.6) is 0 Å². The van der Waals surface area contributed by atoms with Crippen LogP contribution in [0.3, 0.4) is 0 Å². The van der Waals surface area contributed by atoms with E-state index in [0.29, 0.717) is 0 Å². The highest BCUT2D eigenvalue weighted by atomic mass is 16.5. The van der Waals surface area contributed by atoms with Crippen molar-refractivity contribution < 1.29 is 4.52 Å². The van der Waals surface area contributed by atoms with E-state index in [4.69, 9.17) is 4.52 Å². The van der Waals surface area contributed by atoms with Gasteiger partial charge in [-0.15, -0.1) is 0 Å². The minimum absolute atomic E-state index is 0.756. The second-order valence-electron chi connectivity index (χ2n) is 6.50. The molecule has 0 aromatic carbocycles. The maximum absolute atomic E-state index is 5.04. The summed E-state index contributed by atoms with van der Waals surface area (Å²) in [7, 11) is 0. The quantitative estimate of drug-likeness (QED) is 0.884. The number of aromatic nitrogens is 2. The van der Waals surface area contributed by atoms with Crippen molar-refractivity contribution in [3.05, 3.63) is 12.2 Å². The summed E-state index contributed by atoms with van der Waals surface area (Å²) >= 11 is 0. The van der Waals surface area contributed by atoms with Crippen LogP contribution in [0.1, 0.15) is 38.0 Å². The SMILES string of the molecule is c1noc(CCNC2C3CC4CC(C3)CC2C4)n1. The van der Waals surface area contributed by atoms with E-state index < -0.39 is 0 Å². The molecule has 0 amide bonds. The van der Waals surface area contributed by atoms with Gasteiger partial charge in [-0.3, -0.25) is 0 Å². The Balaban J connectivity index is 1.35. The van der Waals surface area contributed by atoms with Crippen molar-refractivity contribution in [2.24, 2.45) is 23.7 Å². The highest BCUT2D eigenvalue weighted by molar-refractivity contribution is 5.01. The summed E-state index contributed by atoms with van der Waals surface area (Å²) in [6, 6.07) is 0.765. The van der Waals surface area contributed by atoms with Crippen LogP contribution in [0.4, 0.5) is 0 Å². The predicted molar refractivity (Wildman–Crippen MR) is 66.8 cm³/mol. The standard InChI is InChI=1S/C14H21N3O/c1(13-16-8-17-18-13)2-15-14-11-4-9-3-10(6-11)7-12(14)5-9/h8-12,14-15H,1-7H2. The minimum atomic E-state index is 0.756. The molecule has 4 nitrogen and oxygen atoms in total. The van der Waals surface area contributed by atoms with Gasteiger partial charge >= 0.3 is 0 Å². The van der Waals surface area contributed by atoms with Gasteiger partial charge < -0.3 is 9.84 Å². The van der Waals surface area contributed by atoms with Gasteiger partial charge in [-0.05, 0) is 55.8 Å². The molecule has 18 heavy (non-hydrogen) atoms. The molecule has 0 saturated heterocycles. The zero-order valence-corrected chi connectivity index (χ0v) is 10.7. The van der Waals surface area contributed by atoms with Gasteiger partial charge in [0.05, 0.1) is 0 Å². The van der Waals surface area contributed by atoms with Gasteiger partial charge in [0.25, 0.3) is 0 Å². The fraction of sp³-hybridized carbons (Fsp3) is 0.857. The van der Waals surface area contributed by atoms with Crippen molar-refractivity contribution in [1.29, 1.82) is 0 Å². The van der Waals surface area contributed by atoms with E-state index in [1.807, 2.05) is 0 Å². The first-order valence-corrected chi connectivity index (χ1v) is 7.37. The van der Waals surface area contributed by atoms with Crippen LogP contribution in [-0.4, -0.2) is 22.7 Å². The van der Waals surface area contributed by atoms with Gasteiger partial charge in [0.15, 0.2) is 6.33 Å². The first-order chi connectivity index (χ1) is 8.88. The lowest BCUT2D eigenvalue weighted by molar-refractivity contribution is -0.0135. The Morgan fingerprint density at radius 1 is 1.11 bits per heavy atom. The fourth-order valence-electron chi connectivity index (χ4n) is 4.91. The Hall–Kier alpha value is -0.900. The van der Waals surface area contributed by atoms with Crippen molar-refractivity contribution in [3.63, 3.8) is 0 Å². The third kappa shape index (κ3) is 1.87. The van der Waals surface area contributed by atoms with Crippen LogP contribution in [-0.2, 0) is 6.42 Å². The summed E-state index contributed by atoms with van der Waals surface area (Å²) in [5, 5.41) is 7.42. The lowest BCUT2D eigenvalue weighted by Gasteiger charge is -2.54. The molecule has 1 N–H and O–H groups in total. The molecule has 4 saturated carbocycles. The molecule has 0 atom stereocenters. The van der Waals surface area contributed by atoms with Gasteiger partial charge in [-0.2, -0.15) is 4.98 Å². The van der Waals surface area contributed by atoms with Crippen LogP contribution in [0.15, 0.2) is 10.9 Å². The molecule has 5 rings (SSSR count). The first-order valence-electron chi connectivity index (χ1n) is 7.37. The van der Waals surface area contributed by atoms with E-state index in [1.165, 1.54) is 38.4 Å². The third-order valence-electron chi connectivity index (χ3n) is 5.35. The monoisotopic (exact) mass is 247 g/mol. The van der Waals surface area contributed by atoms with Crippen LogP contribution >= 0.6 is 0 Å². The molecular weight excluding hydrogens is 226 g/mol. The summed E-state index contributed by atoms with van der Waals surface area (Å²) in [4.78, 5) is 4.07. The molecule has 1 aromatic heterocycles. The molecule has 4 heteroatoms. The second kappa shape index (κ2) is 4.34. The molecule has 1 heterocycles. The van der Waals surface area contributed by atoms with Crippen LogP contribution in [0.2, 0.25) is 0 Å². The molecule has 1 aromatic rings. The molecule has 0 spiro atoms. The summed E-state index contributed by atoms with van der Waals surface area (Å²) in [6.45, 7) is 0.981. The average Bonchev–Trinajstić information content (AvgIpc) is 2.85. The maximum atomic E-state index is 5.04. The first kappa shape index (κ1) is 11.0. The number of rotatable bonds is 4. The number of nitrogens with one attached hydrogen (secondary N) is 1. The Morgan fingerprint density at radius 2 is 1.83 bits per heavy atom. The molecule has 4 aliphatic carbocycles. The largest absolute Gasteiger partial charge is 0.340 e. The highest BCUT2D eigenvalue weighted by Crippen LogP contribution is 2.53. The summed E-state index contributed by atoms with van der Waals surface area (Å²) in [5.41, 5.74) is 0. The van der Waals surface area contributed by atoms with Crippen molar-refractivity contribution >= 4 is 0 Å². The molecule has 0 unspecified atom stereocenters. The van der Waals surface area contributed by atoms with Crippen molar-refractivity contribution in [1.82, 2.24) is 15.5 Å². The number of nitrogens with zero attached hydrogens (tertiary/aromatic N) is 2. The lowest BCUT2D eigenvalue weighted by atomic mass is 9.54. The van der Waals surface area contributed by atoms with Crippen molar-refractivity contribution in [3.8, 4) is 0 Å². The highest BCUT2D eigenvalue weighted by Gasteiger charge is 2.47. The topological polar surface area (TPSA) is 51.0 Å². The summed E-state index contributed by atoms with van der Waals surface area (Å²) in [5.74, 6) is 4.77. The minimum Gasteiger partial charge on any atom is -0.340 e. The Bertz CT molecular complexity index is 375. The summed E-state index contributed by atoms with van der Waals surface area (Å²) < 4.78 is 5.04. The molecule has 4 aliphatic rings. The Morgan fingerprint density at radius 3 is 2.44 bits per heavy atom. The smallest absolute Gasteiger partial charge is 0.227 e. The molecular formula is C14H21N3O. The van der Waals surface area contributed by atoms with Crippen LogP contribution < -0.4 is 5.32 Å². The Labute approximate surface area is 108 Å². The van der Waals surface area contributed by atoms with E-state index >= 15 is 0 Å². The van der Waals surface area contributed by atoms with Crippen molar-refractivity contribution in [2.75, 3.05) is 6.54 Å². The average molecular weight is 247 g/mol. The van der Waals surface area contributed by atoms with Gasteiger partial charge in [0.1, 0.15) is 0 Å². The number of hydrogen-bond acceptors (Lipinski definition) is 4. The van der Waals surface area contributed by atoms with Crippen LogP contribution in [0.25, 0.3) is 0 Å². The van der Waals surface area contributed by atoms with Gasteiger partial charge in [-0.1, -0.05) is 5.16 Å². The zero-order valence-electron chi connectivity index (χ0n) is 10.7. The predicted octanol–water partition coefficient (Wildman–Crippen LogP) is 2.03. The number of hydrogen-bond donors (Lipinski definition) is 1. The fourth-order valence-corrected chi connectivity index (χ4v) is 4.91. The van der Waals surface area contributed by atoms with E-state index in [9.17, 15) is 0 Å². The molecule has 4 bridgehead atoms. The molecule has 0 radical (unpaired) electrons. The molecule has 4 fully saturated rings. The Kier molecular flexibility index (Phi) is 2.64.